The average Bonchev–Trinajstić information content (AvgIpc) is 2.31. The Hall–Kier alpha value is -1.33. The molecule has 0 amide bonds. The monoisotopic (exact) mass is 253 g/mol. The van der Waals surface area contributed by atoms with Gasteiger partial charge in [-0.25, -0.2) is 0 Å². The van der Waals surface area contributed by atoms with Gasteiger partial charge in [-0.1, -0.05) is 0 Å². The number of hydrogen-bond acceptors (Lipinski definition) is 4. The Bertz CT molecular complexity index is 415. The molecule has 5 heteroatoms. The number of nitrogen functional groups attached to an aromatic ring is 1. The number of rotatable bonds is 7. The van der Waals surface area contributed by atoms with Crippen molar-refractivity contribution in [2.45, 2.75) is 32.4 Å². The molecule has 0 aliphatic heterocycles. The molecular weight excluding hydrogens is 230 g/mol. The molecule has 0 aromatic carbocycles. The number of aliphatic hydroxyl groups excluding tert-OH is 1. The van der Waals surface area contributed by atoms with E-state index in [0.717, 1.165) is 25.9 Å². The van der Waals surface area contributed by atoms with Crippen LogP contribution in [0.25, 0.3) is 0 Å². The first kappa shape index (κ1) is 14.7. The SMILES string of the molecule is CC(O)CCN(C)CCCn1cc(N)ccc1=O. The lowest BCUT2D eigenvalue weighted by molar-refractivity contribution is 0.163. The van der Waals surface area contributed by atoms with Crippen LogP contribution in [0.4, 0.5) is 5.69 Å². The lowest BCUT2D eigenvalue weighted by Gasteiger charge is -2.17. The summed E-state index contributed by atoms with van der Waals surface area (Å²) in [7, 11) is 2.02. The van der Waals surface area contributed by atoms with Crippen LogP contribution < -0.4 is 11.3 Å². The molecule has 1 heterocycles. The van der Waals surface area contributed by atoms with Crippen LogP contribution in [0.3, 0.4) is 0 Å². The van der Waals surface area contributed by atoms with Crippen LogP contribution >= 0.6 is 0 Å². The zero-order valence-corrected chi connectivity index (χ0v) is 11.2. The van der Waals surface area contributed by atoms with Gasteiger partial charge in [0.15, 0.2) is 0 Å². The molecule has 0 fully saturated rings. The maximum atomic E-state index is 11.5. The number of anilines is 1. The Kier molecular flexibility index (Phi) is 5.88. The first-order valence-electron chi connectivity index (χ1n) is 6.31. The molecule has 1 rings (SSSR count). The van der Waals surface area contributed by atoms with Crippen LogP contribution in [0, 0.1) is 0 Å². The summed E-state index contributed by atoms with van der Waals surface area (Å²) in [5.74, 6) is 0. The molecule has 0 saturated heterocycles. The van der Waals surface area contributed by atoms with E-state index in [1.165, 1.54) is 6.07 Å². The predicted octanol–water partition coefficient (Wildman–Crippen LogP) is 0.523. The Morgan fingerprint density at radius 3 is 2.83 bits per heavy atom. The molecular formula is C13H23N3O2. The van der Waals surface area contributed by atoms with Crippen molar-refractivity contribution in [3.8, 4) is 0 Å². The van der Waals surface area contributed by atoms with Gasteiger partial charge in [0.05, 0.1) is 6.10 Å². The topological polar surface area (TPSA) is 71.5 Å². The van der Waals surface area contributed by atoms with Crippen molar-refractivity contribution in [1.29, 1.82) is 0 Å². The van der Waals surface area contributed by atoms with Crippen LogP contribution in [-0.2, 0) is 6.54 Å². The van der Waals surface area contributed by atoms with E-state index in [0.29, 0.717) is 12.2 Å². The third-order valence-electron chi connectivity index (χ3n) is 2.87. The highest BCUT2D eigenvalue weighted by molar-refractivity contribution is 5.33. The fourth-order valence-electron chi connectivity index (χ4n) is 1.75. The Balaban J connectivity index is 2.33. The standard InChI is InChI=1S/C13H23N3O2/c1-11(17)6-9-15(2)7-3-8-16-10-12(14)4-5-13(16)18/h4-5,10-11,17H,3,6-9,14H2,1-2H3. The smallest absolute Gasteiger partial charge is 0.250 e. The van der Waals surface area contributed by atoms with E-state index in [4.69, 9.17) is 5.73 Å². The van der Waals surface area contributed by atoms with Crippen molar-refractivity contribution in [3.05, 3.63) is 28.7 Å². The summed E-state index contributed by atoms with van der Waals surface area (Å²) >= 11 is 0. The number of nitrogens with zero attached hydrogens (tertiary/aromatic N) is 2. The van der Waals surface area contributed by atoms with Crippen LogP contribution in [0.5, 0.6) is 0 Å². The number of aliphatic hydroxyl groups is 1. The minimum atomic E-state index is -0.260. The van der Waals surface area contributed by atoms with Gasteiger partial charge in [-0.3, -0.25) is 4.79 Å². The van der Waals surface area contributed by atoms with Crippen molar-refractivity contribution in [3.63, 3.8) is 0 Å². The molecule has 1 unspecified atom stereocenters. The predicted molar refractivity (Wildman–Crippen MR) is 73.5 cm³/mol. The highest BCUT2D eigenvalue weighted by Gasteiger charge is 2.02. The summed E-state index contributed by atoms with van der Waals surface area (Å²) in [6, 6.07) is 3.11. The molecule has 1 aromatic rings. The molecule has 1 atom stereocenters. The Morgan fingerprint density at radius 1 is 1.44 bits per heavy atom. The highest BCUT2D eigenvalue weighted by atomic mass is 16.3. The molecule has 18 heavy (non-hydrogen) atoms. The van der Waals surface area contributed by atoms with E-state index < -0.39 is 0 Å². The van der Waals surface area contributed by atoms with E-state index in [-0.39, 0.29) is 11.7 Å². The van der Waals surface area contributed by atoms with E-state index in [9.17, 15) is 9.90 Å². The first-order valence-corrected chi connectivity index (χ1v) is 6.31. The molecule has 0 radical (unpaired) electrons. The van der Waals surface area contributed by atoms with Gasteiger partial charge in [-0.15, -0.1) is 0 Å². The fourth-order valence-corrected chi connectivity index (χ4v) is 1.75. The number of nitrogens with two attached hydrogens (primary N) is 1. The van der Waals surface area contributed by atoms with E-state index in [1.807, 2.05) is 7.05 Å². The van der Waals surface area contributed by atoms with Crippen LogP contribution in [0.15, 0.2) is 23.1 Å². The molecule has 0 aliphatic carbocycles. The zero-order valence-electron chi connectivity index (χ0n) is 11.2. The number of aryl methyl sites for hydroxylation is 1. The maximum absolute atomic E-state index is 11.5. The maximum Gasteiger partial charge on any atom is 0.250 e. The molecule has 0 saturated carbocycles. The fraction of sp³-hybridized carbons (Fsp3) is 0.615. The van der Waals surface area contributed by atoms with Crippen molar-refractivity contribution >= 4 is 5.69 Å². The first-order chi connectivity index (χ1) is 8.49. The lowest BCUT2D eigenvalue weighted by atomic mass is 10.2. The van der Waals surface area contributed by atoms with Crippen LogP contribution in [0.2, 0.25) is 0 Å². The zero-order chi connectivity index (χ0) is 13.5. The quantitative estimate of drug-likeness (QED) is 0.743. The molecule has 0 aliphatic rings. The van der Waals surface area contributed by atoms with Gasteiger partial charge in [-0.2, -0.15) is 0 Å². The second kappa shape index (κ2) is 7.18. The van der Waals surface area contributed by atoms with E-state index >= 15 is 0 Å². The second-order valence-electron chi connectivity index (χ2n) is 4.79. The summed E-state index contributed by atoms with van der Waals surface area (Å²) in [5, 5.41) is 9.19. The second-order valence-corrected chi connectivity index (χ2v) is 4.79. The summed E-state index contributed by atoms with van der Waals surface area (Å²) in [6.45, 7) is 4.22. The van der Waals surface area contributed by atoms with Gasteiger partial charge in [0.1, 0.15) is 0 Å². The van der Waals surface area contributed by atoms with Crippen LogP contribution in [0.1, 0.15) is 19.8 Å². The molecule has 102 valence electrons. The third kappa shape index (κ3) is 5.33. The highest BCUT2D eigenvalue weighted by Crippen LogP contribution is 1.99. The minimum absolute atomic E-state index is 0.0177. The molecule has 0 spiro atoms. The van der Waals surface area contributed by atoms with Crippen molar-refractivity contribution in [2.75, 3.05) is 25.9 Å². The van der Waals surface area contributed by atoms with Crippen LogP contribution in [-0.4, -0.2) is 40.8 Å². The largest absolute Gasteiger partial charge is 0.398 e. The number of hydrogen-bond donors (Lipinski definition) is 2. The Morgan fingerprint density at radius 2 is 2.17 bits per heavy atom. The summed E-state index contributed by atoms with van der Waals surface area (Å²) in [4.78, 5) is 13.7. The third-order valence-corrected chi connectivity index (χ3v) is 2.87. The molecule has 0 bridgehead atoms. The van der Waals surface area contributed by atoms with Gasteiger partial charge in [-0.05, 0) is 39.4 Å². The molecule has 3 N–H and O–H groups in total. The average molecular weight is 253 g/mol. The van der Waals surface area contributed by atoms with Gasteiger partial charge in [0, 0.05) is 31.0 Å². The summed E-state index contributed by atoms with van der Waals surface area (Å²) < 4.78 is 1.64. The lowest BCUT2D eigenvalue weighted by Crippen LogP contribution is -2.26. The van der Waals surface area contributed by atoms with Gasteiger partial charge < -0.3 is 20.3 Å². The van der Waals surface area contributed by atoms with E-state index in [1.54, 1.807) is 23.8 Å². The van der Waals surface area contributed by atoms with Gasteiger partial charge in [0.2, 0.25) is 0 Å². The number of pyridine rings is 1. The number of aromatic nitrogens is 1. The Labute approximate surface area is 108 Å². The van der Waals surface area contributed by atoms with Crippen molar-refractivity contribution in [2.24, 2.45) is 0 Å². The molecule has 1 aromatic heterocycles. The van der Waals surface area contributed by atoms with Gasteiger partial charge >= 0.3 is 0 Å². The normalized spacial score (nSPS) is 12.9. The molecule has 5 nitrogen and oxygen atoms in total. The summed E-state index contributed by atoms with van der Waals surface area (Å²) in [6.07, 6.45) is 3.08. The summed E-state index contributed by atoms with van der Waals surface area (Å²) in [5.41, 5.74) is 6.23. The van der Waals surface area contributed by atoms with Gasteiger partial charge in [0.25, 0.3) is 5.56 Å². The van der Waals surface area contributed by atoms with Crippen molar-refractivity contribution < 1.29 is 5.11 Å². The van der Waals surface area contributed by atoms with Crippen molar-refractivity contribution in [1.82, 2.24) is 9.47 Å². The minimum Gasteiger partial charge on any atom is -0.398 e. The van der Waals surface area contributed by atoms with E-state index in [2.05, 4.69) is 4.90 Å².